The molecule has 3 rings (SSSR count). The summed E-state index contributed by atoms with van der Waals surface area (Å²) in [6.07, 6.45) is 2.35. The SMILES string of the molecule is CN(C)c1nc(CNC(=O)CN2CCCC(c3ccccc3)C2)cs1. The Morgan fingerprint density at radius 1 is 1.36 bits per heavy atom. The molecule has 134 valence electrons. The summed E-state index contributed by atoms with van der Waals surface area (Å²) in [5.74, 6) is 0.608. The number of nitrogens with one attached hydrogen (secondary N) is 1. The fourth-order valence-electron chi connectivity index (χ4n) is 3.23. The van der Waals surface area contributed by atoms with E-state index in [1.807, 2.05) is 24.4 Å². The molecule has 1 fully saturated rings. The molecule has 1 N–H and O–H groups in total. The van der Waals surface area contributed by atoms with E-state index in [0.717, 1.165) is 30.3 Å². The molecular weight excluding hydrogens is 332 g/mol. The Hall–Kier alpha value is -1.92. The first-order valence-corrected chi connectivity index (χ1v) is 9.65. The molecule has 1 aliphatic rings. The molecule has 0 bridgehead atoms. The highest BCUT2D eigenvalue weighted by Crippen LogP contribution is 2.26. The second-order valence-corrected chi connectivity index (χ2v) is 7.61. The third kappa shape index (κ3) is 5.03. The van der Waals surface area contributed by atoms with Crippen molar-refractivity contribution in [3.05, 3.63) is 47.0 Å². The Morgan fingerprint density at radius 2 is 2.16 bits per heavy atom. The van der Waals surface area contributed by atoms with Gasteiger partial charge in [-0.25, -0.2) is 4.98 Å². The zero-order valence-electron chi connectivity index (χ0n) is 14.9. The fraction of sp³-hybridized carbons (Fsp3) is 0.474. The van der Waals surface area contributed by atoms with Crippen LogP contribution < -0.4 is 10.2 Å². The largest absolute Gasteiger partial charge is 0.354 e. The van der Waals surface area contributed by atoms with Gasteiger partial charge in [-0.15, -0.1) is 11.3 Å². The summed E-state index contributed by atoms with van der Waals surface area (Å²) in [7, 11) is 3.95. The van der Waals surface area contributed by atoms with E-state index < -0.39 is 0 Å². The first-order valence-electron chi connectivity index (χ1n) is 8.77. The van der Waals surface area contributed by atoms with Crippen LogP contribution >= 0.6 is 11.3 Å². The number of piperidine rings is 1. The zero-order chi connectivity index (χ0) is 17.6. The Labute approximate surface area is 153 Å². The maximum atomic E-state index is 12.3. The number of nitrogens with zero attached hydrogens (tertiary/aromatic N) is 3. The summed E-state index contributed by atoms with van der Waals surface area (Å²) >= 11 is 1.60. The zero-order valence-corrected chi connectivity index (χ0v) is 15.8. The normalized spacial score (nSPS) is 18.1. The van der Waals surface area contributed by atoms with Crippen LogP contribution in [0.15, 0.2) is 35.7 Å². The highest BCUT2D eigenvalue weighted by Gasteiger charge is 2.22. The number of aromatic nitrogens is 1. The molecule has 25 heavy (non-hydrogen) atoms. The Balaban J connectivity index is 1.47. The van der Waals surface area contributed by atoms with Crippen molar-refractivity contribution in [2.45, 2.75) is 25.3 Å². The number of likely N-dealkylation sites (tertiary alicyclic amines) is 1. The monoisotopic (exact) mass is 358 g/mol. The maximum absolute atomic E-state index is 12.3. The third-order valence-electron chi connectivity index (χ3n) is 4.53. The van der Waals surface area contributed by atoms with Gasteiger partial charge in [0, 0.05) is 26.0 Å². The summed E-state index contributed by atoms with van der Waals surface area (Å²) in [6, 6.07) is 10.6. The lowest BCUT2D eigenvalue weighted by atomic mass is 9.91. The van der Waals surface area contributed by atoms with Gasteiger partial charge in [-0.2, -0.15) is 0 Å². The molecule has 2 heterocycles. The number of benzene rings is 1. The van der Waals surface area contributed by atoms with Crippen LogP contribution in [0.3, 0.4) is 0 Å². The van der Waals surface area contributed by atoms with Crippen LogP contribution in [0.1, 0.15) is 30.0 Å². The van der Waals surface area contributed by atoms with Gasteiger partial charge in [0.15, 0.2) is 5.13 Å². The summed E-state index contributed by atoms with van der Waals surface area (Å²) in [4.78, 5) is 21.0. The Kier molecular flexibility index (Phi) is 6.04. The van der Waals surface area contributed by atoms with Crippen molar-refractivity contribution in [2.24, 2.45) is 0 Å². The minimum atomic E-state index is 0.0770. The van der Waals surface area contributed by atoms with Crippen LogP contribution in [0, 0.1) is 0 Å². The maximum Gasteiger partial charge on any atom is 0.234 e. The predicted octanol–water partition coefficient (Wildman–Crippen LogP) is 2.70. The summed E-state index contributed by atoms with van der Waals surface area (Å²) in [5.41, 5.74) is 2.30. The molecule has 1 aromatic carbocycles. The van der Waals surface area contributed by atoms with Gasteiger partial charge in [0.2, 0.25) is 5.91 Å². The molecule has 0 radical (unpaired) electrons. The van der Waals surface area contributed by atoms with Gasteiger partial charge < -0.3 is 10.2 Å². The van der Waals surface area contributed by atoms with E-state index in [1.165, 1.54) is 12.0 Å². The van der Waals surface area contributed by atoms with Crippen LogP contribution in [-0.2, 0) is 11.3 Å². The average Bonchev–Trinajstić information content (AvgIpc) is 3.10. The van der Waals surface area contributed by atoms with E-state index in [1.54, 1.807) is 11.3 Å². The molecule has 2 aromatic rings. The van der Waals surface area contributed by atoms with E-state index in [4.69, 9.17) is 0 Å². The number of hydrogen-bond donors (Lipinski definition) is 1. The van der Waals surface area contributed by atoms with Gasteiger partial charge in [0.1, 0.15) is 0 Å². The van der Waals surface area contributed by atoms with Gasteiger partial charge in [0.05, 0.1) is 18.8 Å². The third-order valence-corrected chi connectivity index (χ3v) is 5.59. The van der Waals surface area contributed by atoms with Gasteiger partial charge in [0.25, 0.3) is 0 Å². The smallest absolute Gasteiger partial charge is 0.234 e. The van der Waals surface area contributed by atoms with Crippen molar-refractivity contribution in [3.8, 4) is 0 Å². The number of hydrogen-bond acceptors (Lipinski definition) is 5. The lowest BCUT2D eigenvalue weighted by Gasteiger charge is -2.32. The second kappa shape index (κ2) is 8.45. The molecule has 1 saturated heterocycles. The highest BCUT2D eigenvalue weighted by molar-refractivity contribution is 7.13. The first-order chi connectivity index (χ1) is 12.1. The molecule has 5 nitrogen and oxygen atoms in total. The van der Waals surface area contributed by atoms with E-state index in [2.05, 4.69) is 45.5 Å². The molecule has 1 amide bonds. The lowest BCUT2D eigenvalue weighted by Crippen LogP contribution is -2.41. The summed E-state index contributed by atoms with van der Waals surface area (Å²) < 4.78 is 0. The quantitative estimate of drug-likeness (QED) is 0.863. The fourth-order valence-corrected chi connectivity index (χ4v) is 3.99. The number of amides is 1. The van der Waals surface area contributed by atoms with Gasteiger partial charge in [-0.3, -0.25) is 9.69 Å². The standard InChI is InChI=1S/C19H26N4OS/c1-22(2)19-21-17(14-25-19)11-20-18(24)13-23-10-6-9-16(12-23)15-7-4-3-5-8-15/h3-5,7-8,14,16H,6,9-13H2,1-2H3,(H,20,24). The molecule has 0 spiro atoms. The molecule has 6 heteroatoms. The predicted molar refractivity (Wildman–Crippen MR) is 103 cm³/mol. The summed E-state index contributed by atoms with van der Waals surface area (Å²) in [5, 5.41) is 5.96. The number of carbonyl (C=O) groups is 1. The molecule has 1 atom stereocenters. The Morgan fingerprint density at radius 3 is 2.88 bits per heavy atom. The van der Waals surface area contributed by atoms with Crippen molar-refractivity contribution < 1.29 is 4.79 Å². The lowest BCUT2D eigenvalue weighted by molar-refractivity contribution is -0.122. The number of carbonyl (C=O) groups excluding carboxylic acids is 1. The topological polar surface area (TPSA) is 48.5 Å². The van der Waals surface area contributed by atoms with Crippen molar-refractivity contribution >= 4 is 22.4 Å². The van der Waals surface area contributed by atoms with Crippen molar-refractivity contribution in [1.29, 1.82) is 0 Å². The minimum Gasteiger partial charge on any atom is -0.354 e. The van der Waals surface area contributed by atoms with Crippen molar-refractivity contribution in [2.75, 3.05) is 38.6 Å². The van der Waals surface area contributed by atoms with E-state index in [-0.39, 0.29) is 5.91 Å². The van der Waals surface area contributed by atoms with E-state index in [0.29, 0.717) is 19.0 Å². The van der Waals surface area contributed by atoms with Crippen LogP contribution in [0.4, 0.5) is 5.13 Å². The minimum absolute atomic E-state index is 0.0770. The van der Waals surface area contributed by atoms with Gasteiger partial charge in [-0.1, -0.05) is 30.3 Å². The highest BCUT2D eigenvalue weighted by atomic mass is 32.1. The molecule has 1 aliphatic heterocycles. The molecule has 1 aromatic heterocycles. The molecule has 1 unspecified atom stereocenters. The van der Waals surface area contributed by atoms with Crippen LogP contribution in [0.2, 0.25) is 0 Å². The molecular formula is C19H26N4OS. The second-order valence-electron chi connectivity index (χ2n) is 6.78. The van der Waals surface area contributed by atoms with Crippen molar-refractivity contribution in [3.63, 3.8) is 0 Å². The van der Waals surface area contributed by atoms with E-state index in [9.17, 15) is 4.79 Å². The first kappa shape index (κ1) is 17.9. The average molecular weight is 359 g/mol. The Bertz CT molecular complexity index is 686. The van der Waals surface area contributed by atoms with E-state index >= 15 is 0 Å². The van der Waals surface area contributed by atoms with Crippen molar-refractivity contribution in [1.82, 2.24) is 15.2 Å². The van der Waals surface area contributed by atoms with Crippen LogP contribution in [0.25, 0.3) is 0 Å². The van der Waals surface area contributed by atoms with Gasteiger partial charge >= 0.3 is 0 Å². The number of anilines is 1. The number of rotatable bonds is 6. The van der Waals surface area contributed by atoms with Crippen LogP contribution in [0.5, 0.6) is 0 Å². The molecule has 0 saturated carbocycles. The summed E-state index contributed by atoms with van der Waals surface area (Å²) in [6.45, 7) is 2.92. The number of thiazole rings is 1. The molecule has 0 aliphatic carbocycles. The van der Waals surface area contributed by atoms with Crippen LogP contribution in [-0.4, -0.2) is 49.5 Å². The van der Waals surface area contributed by atoms with Gasteiger partial charge in [-0.05, 0) is 30.9 Å².